The predicted molar refractivity (Wildman–Crippen MR) is 95.8 cm³/mol. The van der Waals surface area contributed by atoms with Gasteiger partial charge in [0.15, 0.2) is 11.8 Å². The van der Waals surface area contributed by atoms with Crippen LogP contribution in [-0.2, 0) is 27.0 Å². The van der Waals surface area contributed by atoms with Gasteiger partial charge in [-0.25, -0.2) is 0 Å². The molecule has 0 radical (unpaired) electrons. The molecule has 0 fully saturated rings. The van der Waals surface area contributed by atoms with Crippen LogP contribution < -0.4 is 5.32 Å². The Kier molecular flexibility index (Phi) is 6.95. The summed E-state index contributed by atoms with van der Waals surface area (Å²) in [6, 6.07) is 5.06. The number of hydrogen-bond acceptors (Lipinski definition) is 4. The third-order valence-corrected chi connectivity index (χ3v) is 4.25. The number of carbonyl (C=O) groups excluding carboxylic acids is 2. The molecule has 28 heavy (non-hydrogen) atoms. The minimum atomic E-state index is -4.61. The lowest BCUT2D eigenvalue weighted by molar-refractivity contribution is -0.156. The summed E-state index contributed by atoms with van der Waals surface area (Å²) in [5, 5.41) is 6.69. The Morgan fingerprint density at radius 2 is 1.93 bits per heavy atom. The van der Waals surface area contributed by atoms with Gasteiger partial charge in [-0.05, 0) is 37.6 Å². The van der Waals surface area contributed by atoms with Crippen molar-refractivity contribution in [2.75, 3.05) is 0 Å². The Hall–Kier alpha value is -2.26. The van der Waals surface area contributed by atoms with E-state index in [1.807, 2.05) is 0 Å². The highest BCUT2D eigenvalue weighted by atomic mass is 35.5. The molecule has 1 aromatic heterocycles. The van der Waals surface area contributed by atoms with E-state index in [9.17, 15) is 22.8 Å². The lowest BCUT2D eigenvalue weighted by Crippen LogP contribution is -2.38. The topological polar surface area (TPSA) is 73.2 Å². The minimum absolute atomic E-state index is 0.365. The van der Waals surface area contributed by atoms with Crippen molar-refractivity contribution in [1.29, 1.82) is 0 Å². The Morgan fingerprint density at radius 3 is 2.50 bits per heavy atom. The van der Waals surface area contributed by atoms with Crippen LogP contribution in [0.2, 0.25) is 10.0 Å². The first kappa shape index (κ1) is 22.0. The third kappa shape index (κ3) is 5.87. The molecule has 2 rings (SSSR count). The van der Waals surface area contributed by atoms with E-state index in [-0.39, 0.29) is 0 Å². The zero-order valence-electron chi connectivity index (χ0n) is 14.8. The fourth-order valence-electron chi connectivity index (χ4n) is 2.28. The van der Waals surface area contributed by atoms with Crippen LogP contribution in [0.5, 0.6) is 0 Å². The van der Waals surface area contributed by atoms with E-state index >= 15 is 0 Å². The molecule has 152 valence electrons. The molecule has 0 aliphatic carbocycles. The van der Waals surface area contributed by atoms with Crippen molar-refractivity contribution in [2.24, 2.45) is 0 Å². The van der Waals surface area contributed by atoms with E-state index < -0.39 is 42.4 Å². The van der Waals surface area contributed by atoms with Gasteiger partial charge >= 0.3 is 12.1 Å². The molecule has 0 spiro atoms. The number of halogens is 5. The largest absolute Gasteiger partial charge is 0.451 e. The minimum Gasteiger partial charge on any atom is -0.451 e. The molecular formula is C17H16Cl2F3N3O3. The van der Waals surface area contributed by atoms with Gasteiger partial charge < -0.3 is 10.1 Å². The van der Waals surface area contributed by atoms with E-state index in [0.29, 0.717) is 15.6 Å². The lowest BCUT2D eigenvalue weighted by Gasteiger charge is -2.19. The number of benzene rings is 1. The molecule has 1 N–H and O–H groups in total. The maximum absolute atomic E-state index is 12.5. The molecule has 1 aromatic carbocycles. The van der Waals surface area contributed by atoms with Gasteiger partial charge in [0.05, 0.1) is 6.04 Å². The molecule has 0 bridgehead atoms. The Bertz CT molecular complexity index is 871. The Balaban J connectivity index is 1.90. The van der Waals surface area contributed by atoms with Crippen LogP contribution in [0, 0.1) is 0 Å². The van der Waals surface area contributed by atoms with Crippen LogP contribution in [-0.4, -0.2) is 27.8 Å². The van der Waals surface area contributed by atoms with Crippen LogP contribution in [0.4, 0.5) is 13.2 Å². The maximum Gasteiger partial charge on any atom is 0.435 e. The molecule has 0 aliphatic rings. The van der Waals surface area contributed by atoms with Crippen molar-refractivity contribution in [1.82, 2.24) is 15.1 Å². The summed E-state index contributed by atoms with van der Waals surface area (Å²) in [7, 11) is 0. The maximum atomic E-state index is 12.5. The zero-order valence-corrected chi connectivity index (χ0v) is 16.3. The highest BCUT2D eigenvalue weighted by Gasteiger charge is 2.33. The summed E-state index contributed by atoms with van der Waals surface area (Å²) >= 11 is 11.9. The number of ether oxygens (including phenoxy) is 1. The van der Waals surface area contributed by atoms with Crippen molar-refractivity contribution in [2.45, 2.75) is 38.7 Å². The van der Waals surface area contributed by atoms with Gasteiger partial charge in [0.2, 0.25) is 0 Å². The molecule has 2 atom stereocenters. The van der Waals surface area contributed by atoms with Gasteiger partial charge in [-0.1, -0.05) is 29.3 Å². The van der Waals surface area contributed by atoms with Crippen LogP contribution in [0.1, 0.15) is 31.1 Å². The first-order chi connectivity index (χ1) is 13.0. The first-order valence-electron chi connectivity index (χ1n) is 8.03. The summed E-state index contributed by atoms with van der Waals surface area (Å²) in [5.41, 5.74) is -0.506. The summed E-state index contributed by atoms with van der Waals surface area (Å²) in [5.74, 6) is -1.50. The summed E-state index contributed by atoms with van der Waals surface area (Å²) < 4.78 is 43.2. The second-order valence-electron chi connectivity index (χ2n) is 5.92. The standard InChI is InChI=1S/C17H16Cl2F3N3O3/c1-9(12-4-3-11(18)7-13(12)19)23-16(27)10(2)28-15(26)8-25-6-5-14(24-25)17(20,21)22/h3-7,9-10H,8H2,1-2H3,(H,23,27). The number of nitrogens with one attached hydrogen (secondary N) is 1. The smallest absolute Gasteiger partial charge is 0.435 e. The van der Waals surface area contributed by atoms with Gasteiger partial charge in [-0.15, -0.1) is 0 Å². The Morgan fingerprint density at radius 1 is 1.25 bits per heavy atom. The molecule has 2 unspecified atom stereocenters. The number of carbonyl (C=O) groups is 2. The first-order valence-corrected chi connectivity index (χ1v) is 8.78. The van der Waals surface area contributed by atoms with Gasteiger partial charge in [0.1, 0.15) is 6.54 Å². The number of rotatable bonds is 6. The van der Waals surface area contributed by atoms with Crippen LogP contribution in [0.3, 0.4) is 0 Å². The summed E-state index contributed by atoms with van der Waals surface area (Å²) in [4.78, 5) is 24.1. The monoisotopic (exact) mass is 437 g/mol. The quantitative estimate of drug-likeness (QED) is 0.692. The molecule has 0 aliphatic heterocycles. The fourth-order valence-corrected chi connectivity index (χ4v) is 2.85. The summed E-state index contributed by atoms with van der Waals surface area (Å²) in [6.45, 7) is 2.46. The molecule has 0 saturated carbocycles. The van der Waals surface area contributed by atoms with Gasteiger partial charge in [-0.2, -0.15) is 18.3 Å². The zero-order chi connectivity index (χ0) is 21.1. The highest BCUT2D eigenvalue weighted by molar-refractivity contribution is 6.35. The van der Waals surface area contributed by atoms with E-state index in [1.165, 1.54) is 13.0 Å². The number of nitrogens with zero attached hydrogens (tertiary/aromatic N) is 2. The second kappa shape index (κ2) is 8.83. The number of hydrogen-bond donors (Lipinski definition) is 1. The highest BCUT2D eigenvalue weighted by Crippen LogP contribution is 2.27. The summed E-state index contributed by atoms with van der Waals surface area (Å²) in [6.07, 6.45) is -4.78. The Labute approximate surface area is 168 Å². The van der Waals surface area contributed by atoms with Gasteiger partial charge in [-0.3, -0.25) is 14.3 Å². The van der Waals surface area contributed by atoms with Crippen LogP contribution in [0.15, 0.2) is 30.5 Å². The normalized spacial score (nSPS) is 13.7. The van der Waals surface area contributed by atoms with Crippen LogP contribution >= 0.6 is 23.2 Å². The molecule has 2 aromatic rings. The van der Waals surface area contributed by atoms with Crippen molar-refractivity contribution in [3.8, 4) is 0 Å². The average molecular weight is 438 g/mol. The van der Waals surface area contributed by atoms with E-state index in [4.69, 9.17) is 27.9 Å². The van der Waals surface area contributed by atoms with Crippen molar-refractivity contribution >= 4 is 35.1 Å². The van der Waals surface area contributed by atoms with Gasteiger partial charge in [0.25, 0.3) is 5.91 Å². The van der Waals surface area contributed by atoms with Crippen molar-refractivity contribution < 1.29 is 27.5 Å². The molecular weight excluding hydrogens is 422 g/mol. The molecule has 11 heteroatoms. The average Bonchev–Trinajstić information content (AvgIpc) is 3.03. The molecule has 6 nitrogen and oxygen atoms in total. The third-order valence-electron chi connectivity index (χ3n) is 3.69. The predicted octanol–water partition coefficient (Wildman–Crippen LogP) is 4.02. The van der Waals surface area contributed by atoms with E-state index in [1.54, 1.807) is 19.1 Å². The number of aromatic nitrogens is 2. The second-order valence-corrected chi connectivity index (χ2v) is 6.77. The molecule has 1 heterocycles. The van der Waals surface area contributed by atoms with E-state index in [0.717, 1.165) is 16.9 Å². The van der Waals surface area contributed by atoms with Crippen LogP contribution in [0.25, 0.3) is 0 Å². The molecule has 1 amide bonds. The lowest BCUT2D eigenvalue weighted by atomic mass is 10.1. The number of esters is 1. The number of amides is 1. The fraction of sp³-hybridized carbons (Fsp3) is 0.353. The van der Waals surface area contributed by atoms with Gasteiger partial charge in [0, 0.05) is 16.2 Å². The SMILES string of the molecule is CC(OC(=O)Cn1ccc(C(F)(F)F)n1)C(=O)NC(C)c1ccc(Cl)cc1Cl. The van der Waals surface area contributed by atoms with E-state index in [2.05, 4.69) is 10.4 Å². The molecule has 0 saturated heterocycles. The number of alkyl halides is 3. The van der Waals surface area contributed by atoms with Crippen molar-refractivity contribution in [3.05, 3.63) is 51.8 Å². The van der Waals surface area contributed by atoms with Crippen molar-refractivity contribution in [3.63, 3.8) is 0 Å².